The maximum absolute atomic E-state index is 2.29. The molecule has 0 amide bonds. The van der Waals surface area contributed by atoms with Crippen molar-refractivity contribution in [1.29, 1.82) is 0 Å². The SMILES string of the molecule is Cc1ccc(C)c([S+](C)C)c1.[Cl-]. The van der Waals surface area contributed by atoms with E-state index >= 15 is 0 Å². The molecule has 0 aromatic heterocycles. The summed E-state index contributed by atoms with van der Waals surface area (Å²) in [5.74, 6) is 0. The van der Waals surface area contributed by atoms with Crippen LogP contribution in [0, 0.1) is 13.8 Å². The maximum Gasteiger partial charge on any atom is 0.157 e. The molecule has 0 saturated carbocycles. The molecule has 1 aromatic carbocycles. The largest absolute Gasteiger partial charge is 1.00 e. The topological polar surface area (TPSA) is 0 Å². The van der Waals surface area contributed by atoms with E-state index in [1.165, 1.54) is 16.0 Å². The number of rotatable bonds is 1. The van der Waals surface area contributed by atoms with Crippen molar-refractivity contribution in [2.24, 2.45) is 0 Å². The summed E-state index contributed by atoms with van der Waals surface area (Å²) in [5.41, 5.74) is 2.79. The van der Waals surface area contributed by atoms with Crippen LogP contribution in [0.25, 0.3) is 0 Å². The lowest BCUT2D eigenvalue weighted by Gasteiger charge is -2.01. The van der Waals surface area contributed by atoms with Gasteiger partial charge in [-0.25, -0.2) is 0 Å². The average molecular weight is 203 g/mol. The molecule has 0 radical (unpaired) electrons. The first-order chi connectivity index (χ1) is 5.11. The molecule has 0 aliphatic carbocycles. The van der Waals surface area contributed by atoms with Crippen LogP contribution in [0.1, 0.15) is 11.1 Å². The minimum atomic E-state index is 0. The van der Waals surface area contributed by atoms with E-state index in [9.17, 15) is 0 Å². The number of benzene rings is 1. The molecule has 0 heterocycles. The third-order valence-corrected chi connectivity index (χ3v) is 3.10. The first-order valence-electron chi connectivity index (χ1n) is 3.76. The second kappa shape index (κ2) is 4.78. The predicted octanol–water partition coefficient (Wildman–Crippen LogP) is -0.456. The zero-order valence-corrected chi connectivity index (χ0v) is 9.59. The van der Waals surface area contributed by atoms with Crippen molar-refractivity contribution in [2.75, 3.05) is 12.5 Å². The highest BCUT2D eigenvalue weighted by atomic mass is 35.5. The standard InChI is InChI=1S/C10H15S.ClH/c1-8-5-6-9(2)10(7-8)11(3)4;/h5-7H,1-4H3;1H/q+1;/p-1. The summed E-state index contributed by atoms with van der Waals surface area (Å²) in [4.78, 5) is 1.50. The van der Waals surface area contributed by atoms with Crippen molar-refractivity contribution in [3.8, 4) is 0 Å². The van der Waals surface area contributed by atoms with E-state index in [-0.39, 0.29) is 12.4 Å². The number of hydrogen-bond acceptors (Lipinski definition) is 0. The number of hydrogen-bond donors (Lipinski definition) is 0. The van der Waals surface area contributed by atoms with Crippen LogP contribution in [0.4, 0.5) is 0 Å². The Kier molecular flexibility index (Phi) is 4.73. The molecule has 1 aromatic rings. The van der Waals surface area contributed by atoms with Crippen molar-refractivity contribution < 1.29 is 12.4 Å². The molecule has 0 saturated heterocycles. The molecule has 0 spiro atoms. The summed E-state index contributed by atoms with van der Waals surface area (Å²) in [7, 11) is 0.399. The molecule has 0 atom stereocenters. The Labute approximate surface area is 84.1 Å². The number of halogens is 1. The molecule has 0 N–H and O–H groups in total. The van der Waals surface area contributed by atoms with Gasteiger partial charge in [-0.1, -0.05) is 12.1 Å². The van der Waals surface area contributed by atoms with Gasteiger partial charge in [-0.2, -0.15) is 0 Å². The second-order valence-electron chi connectivity index (χ2n) is 3.09. The summed E-state index contributed by atoms with van der Waals surface area (Å²) in [6.07, 6.45) is 4.53. The Hall–Kier alpha value is -0.140. The van der Waals surface area contributed by atoms with E-state index in [1.807, 2.05) is 0 Å². The van der Waals surface area contributed by atoms with Crippen LogP contribution in [0.3, 0.4) is 0 Å². The third-order valence-electron chi connectivity index (χ3n) is 1.78. The molecule has 12 heavy (non-hydrogen) atoms. The van der Waals surface area contributed by atoms with E-state index < -0.39 is 0 Å². The molecule has 0 unspecified atom stereocenters. The molecular formula is C10H15ClS. The van der Waals surface area contributed by atoms with Gasteiger partial charge in [-0.3, -0.25) is 0 Å². The van der Waals surface area contributed by atoms with Crippen LogP contribution in [0.15, 0.2) is 23.1 Å². The number of aryl methyl sites for hydroxylation is 2. The highest BCUT2D eigenvalue weighted by Crippen LogP contribution is 2.16. The van der Waals surface area contributed by atoms with Crippen molar-refractivity contribution in [3.05, 3.63) is 29.3 Å². The van der Waals surface area contributed by atoms with Crippen molar-refractivity contribution in [2.45, 2.75) is 18.7 Å². The zero-order valence-electron chi connectivity index (χ0n) is 8.02. The fourth-order valence-corrected chi connectivity index (χ4v) is 2.28. The van der Waals surface area contributed by atoms with Gasteiger partial charge >= 0.3 is 0 Å². The Balaban J connectivity index is 0.00000121. The monoisotopic (exact) mass is 202 g/mol. The molecule has 0 nitrogen and oxygen atoms in total. The van der Waals surface area contributed by atoms with E-state index in [2.05, 4.69) is 44.6 Å². The summed E-state index contributed by atoms with van der Waals surface area (Å²) >= 11 is 0. The van der Waals surface area contributed by atoms with Gasteiger partial charge < -0.3 is 12.4 Å². The Bertz CT molecular complexity index is 256. The zero-order chi connectivity index (χ0) is 8.43. The van der Waals surface area contributed by atoms with Gasteiger partial charge in [0.1, 0.15) is 12.5 Å². The fourth-order valence-electron chi connectivity index (χ4n) is 1.15. The molecule has 0 aliphatic heterocycles. The van der Waals surface area contributed by atoms with Crippen LogP contribution in [0.5, 0.6) is 0 Å². The molecule has 0 bridgehead atoms. The Morgan fingerprint density at radius 1 is 1.08 bits per heavy atom. The average Bonchev–Trinajstić information content (AvgIpc) is 1.94. The van der Waals surface area contributed by atoms with Gasteiger partial charge in [-0.15, -0.1) is 0 Å². The lowest BCUT2D eigenvalue weighted by molar-refractivity contribution is -0.00000257. The predicted molar refractivity (Wildman–Crippen MR) is 53.4 cm³/mol. The van der Waals surface area contributed by atoms with Crippen molar-refractivity contribution in [1.82, 2.24) is 0 Å². The van der Waals surface area contributed by atoms with Gasteiger partial charge in [0.25, 0.3) is 0 Å². The molecule has 1 rings (SSSR count). The van der Waals surface area contributed by atoms with Gasteiger partial charge in [0, 0.05) is 16.5 Å². The van der Waals surface area contributed by atoms with Gasteiger partial charge in [0.15, 0.2) is 4.90 Å². The highest BCUT2D eigenvalue weighted by molar-refractivity contribution is 7.95. The van der Waals surface area contributed by atoms with Crippen LogP contribution in [-0.2, 0) is 10.9 Å². The summed E-state index contributed by atoms with van der Waals surface area (Å²) in [6.45, 7) is 4.33. The smallest absolute Gasteiger partial charge is 0.157 e. The molecular weight excluding hydrogens is 188 g/mol. The highest BCUT2D eigenvalue weighted by Gasteiger charge is 2.10. The van der Waals surface area contributed by atoms with Gasteiger partial charge in [0.2, 0.25) is 0 Å². The summed E-state index contributed by atoms with van der Waals surface area (Å²) in [5, 5.41) is 0. The van der Waals surface area contributed by atoms with Crippen molar-refractivity contribution >= 4 is 10.9 Å². The molecule has 0 fully saturated rings. The first kappa shape index (κ1) is 11.9. The van der Waals surface area contributed by atoms with E-state index in [4.69, 9.17) is 0 Å². The Morgan fingerprint density at radius 2 is 1.67 bits per heavy atom. The third kappa shape index (κ3) is 2.72. The molecule has 0 aliphatic rings. The second-order valence-corrected chi connectivity index (χ2v) is 5.16. The van der Waals surface area contributed by atoms with Gasteiger partial charge in [0.05, 0.1) is 0 Å². The minimum absolute atomic E-state index is 0. The van der Waals surface area contributed by atoms with E-state index in [0.29, 0.717) is 10.9 Å². The van der Waals surface area contributed by atoms with Crippen molar-refractivity contribution in [3.63, 3.8) is 0 Å². The van der Waals surface area contributed by atoms with E-state index in [0.717, 1.165) is 0 Å². The fraction of sp³-hybridized carbons (Fsp3) is 0.400. The van der Waals surface area contributed by atoms with Crippen LogP contribution in [-0.4, -0.2) is 12.5 Å². The molecule has 2 heteroatoms. The Morgan fingerprint density at radius 3 is 2.08 bits per heavy atom. The minimum Gasteiger partial charge on any atom is -1.00 e. The maximum atomic E-state index is 2.29. The lowest BCUT2D eigenvalue weighted by atomic mass is 10.2. The lowest BCUT2D eigenvalue weighted by Crippen LogP contribution is -3.00. The first-order valence-corrected chi connectivity index (χ1v) is 5.80. The van der Waals surface area contributed by atoms with Crippen LogP contribution in [0.2, 0.25) is 0 Å². The summed E-state index contributed by atoms with van der Waals surface area (Å²) < 4.78 is 0. The van der Waals surface area contributed by atoms with Crippen LogP contribution >= 0.6 is 0 Å². The normalized spacial score (nSPS) is 9.75. The van der Waals surface area contributed by atoms with E-state index in [1.54, 1.807) is 0 Å². The quantitative estimate of drug-likeness (QED) is 0.541. The molecule has 68 valence electrons. The van der Waals surface area contributed by atoms with Crippen LogP contribution < -0.4 is 12.4 Å². The summed E-state index contributed by atoms with van der Waals surface area (Å²) in [6, 6.07) is 6.67. The van der Waals surface area contributed by atoms with Gasteiger partial charge in [-0.05, 0) is 25.5 Å².